The van der Waals surface area contributed by atoms with E-state index in [0.717, 1.165) is 26.6 Å². The molecule has 0 radical (unpaired) electrons. The van der Waals surface area contributed by atoms with Crippen LogP contribution in [0.1, 0.15) is 49.4 Å². The number of halogens is 1. The minimum absolute atomic E-state index is 0.0850. The lowest BCUT2D eigenvalue weighted by Gasteiger charge is -2.33. The Kier molecular flexibility index (Phi) is 11.0. The fraction of sp³-hybridized carbons (Fsp3) is 0.375. The number of sulfonamides is 1. The second-order valence-electron chi connectivity index (χ2n) is 10.8. The number of carbonyl (C=O) groups excluding carboxylic acids is 2. The molecule has 0 fully saturated rings. The molecule has 3 aromatic rings. The number of hydrogen-bond donors (Lipinski definition) is 1. The molecule has 0 spiro atoms. The molecule has 9 heteroatoms. The van der Waals surface area contributed by atoms with Crippen molar-refractivity contribution in [1.82, 2.24) is 10.2 Å². The number of nitrogens with one attached hydrogen (secondary N) is 1. The zero-order valence-electron chi connectivity index (χ0n) is 24.6. The summed E-state index contributed by atoms with van der Waals surface area (Å²) >= 11 is 6.08. The Morgan fingerprint density at radius 3 is 2.07 bits per heavy atom. The van der Waals surface area contributed by atoms with E-state index in [0.29, 0.717) is 23.7 Å². The van der Waals surface area contributed by atoms with Crippen LogP contribution in [0.25, 0.3) is 0 Å². The van der Waals surface area contributed by atoms with Crippen LogP contribution < -0.4 is 9.62 Å². The van der Waals surface area contributed by atoms with Gasteiger partial charge in [-0.25, -0.2) is 8.42 Å². The molecule has 0 bridgehead atoms. The second-order valence-corrected chi connectivity index (χ2v) is 13.1. The number of aryl methyl sites for hydroxylation is 3. The first-order chi connectivity index (χ1) is 19.3. The Morgan fingerprint density at radius 1 is 0.902 bits per heavy atom. The number of amides is 2. The Hall–Kier alpha value is -3.36. The van der Waals surface area contributed by atoms with E-state index in [4.69, 9.17) is 11.6 Å². The van der Waals surface area contributed by atoms with Crippen molar-refractivity contribution in [3.63, 3.8) is 0 Å². The highest BCUT2D eigenvalue weighted by atomic mass is 35.5. The maximum absolute atomic E-state index is 14.2. The van der Waals surface area contributed by atoms with Crippen LogP contribution in [0.15, 0.2) is 71.6 Å². The Labute approximate surface area is 249 Å². The van der Waals surface area contributed by atoms with E-state index in [2.05, 4.69) is 5.32 Å². The average Bonchev–Trinajstić information content (AvgIpc) is 2.92. The summed E-state index contributed by atoms with van der Waals surface area (Å²) in [6.45, 7) is 11.6. The van der Waals surface area contributed by atoms with Gasteiger partial charge in [0.05, 0.1) is 10.6 Å². The van der Waals surface area contributed by atoms with Crippen LogP contribution in [0.4, 0.5) is 5.69 Å². The molecule has 0 saturated carbocycles. The van der Waals surface area contributed by atoms with Crippen molar-refractivity contribution in [2.75, 3.05) is 17.4 Å². The topological polar surface area (TPSA) is 86.8 Å². The molecule has 1 atom stereocenters. The zero-order valence-corrected chi connectivity index (χ0v) is 26.2. The fourth-order valence-electron chi connectivity index (χ4n) is 4.56. The van der Waals surface area contributed by atoms with Gasteiger partial charge in [0.15, 0.2) is 0 Å². The normalized spacial score (nSPS) is 12.2. The first-order valence-electron chi connectivity index (χ1n) is 13.8. The van der Waals surface area contributed by atoms with E-state index in [9.17, 15) is 18.0 Å². The summed E-state index contributed by atoms with van der Waals surface area (Å²) in [6.07, 6.45) is 0.359. The van der Waals surface area contributed by atoms with Crippen molar-refractivity contribution < 1.29 is 18.0 Å². The zero-order chi connectivity index (χ0) is 30.3. The second kappa shape index (κ2) is 14.0. The third kappa shape index (κ3) is 8.33. The van der Waals surface area contributed by atoms with E-state index in [-0.39, 0.29) is 23.3 Å². The van der Waals surface area contributed by atoms with E-state index in [1.54, 1.807) is 54.6 Å². The quantitative estimate of drug-likeness (QED) is 0.276. The molecular weight excluding hydrogens is 558 g/mol. The lowest BCUT2D eigenvalue weighted by atomic mass is 10.1. The minimum Gasteiger partial charge on any atom is -0.354 e. The van der Waals surface area contributed by atoms with E-state index in [1.807, 2.05) is 53.7 Å². The van der Waals surface area contributed by atoms with E-state index >= 15 is 0 Å². The highest BCUT2D eigenvalue weighted by Gasteiger charge is 2.34. The lowest BCUT2D eigenvalue weighted by Crippen LogP contribution is -2.52. The maximum Gasteiger partial charge on any atom is 0.264 e. The van der Waals surface area contributed by atoms with Gasteiger partial charge < -0.3 is 10.2 Å². The predicted molar refractivity (Wildman–Crippen MR) is 166 cm³/mol. The molecule has 0 heterocycles. The third-order valence-corrected chi connectivity index (χ3v) is 8.87. The van der Waals surface area contributed by atoms with Gasteiger partial charge in [-0.2, -0.15) is 0 Å². The monoisotopic (exact) mass is 597 g/mol. The van der Waals surface area contributed by atoms with Crippen LogP contribution in [0.3, 0.4) is 0 Å². The highest BCUT2D eigenvalue weighted by Crippen LogP contribution is 2.28. The SMILES string of the molecule is CC[C@H](C(=O)NCC(C)C)N(Cc1ccc(Cl)cc1)C(=O)CN(c1ccc(C)cc1C)S(=O)(=O)c1ccc(C)cc1. The van der Waals surface area contributed by atoms with E-state index in [1.165, 1.54) is 4.90 Å². The van der Waals surface area contributed by atoms with Crippen molar-refractivity contribution in [3.8, 4) is 0 Å². The van der Waals surface area contributed by atoms with Gasteiger partial charge in [0, 0.05) is 18.1 Å². The van der Waals surface area contributed by atoms with Crippen LogP contribution in [-0.4, -0.2) is 44.3 Å². The molecule has 7 nitrogen and oxygen atoms in total. The van der Waals surface area contributed by atoms with Gasteiger partial charge in [0.1, 0.15) is 12.6 Å². The third-order valence-electron chi connectivity index (χ3n) is 6.85. The Morgan fingerprint density at radius 2 is 1.51 bits per heavy atom. The standard InChI is InChI=1S/C32H40ClN3O4S/c1-7-29(32(38)34-19-22(2)3)35(20-26-11-13-27(33)14-12-26)31(37)21-36(30-17-10-24(5)18-25(30)6)41(39,40)28-15-8-23(4)9-16-28/h8-18,22,29H,7,19-21H2,1-6H3,(H,34,38)/t29-/m1/s1. The average molecular weight is 598 g/mol. The lowest BCUT2D eigenvalue weighted by molar-refractivity contribution is -0.140. The molecule has 0 saturated heterocycles. The number of rotatable bonds is 12. The molecule has 3 aromatic carbocycles. The van der Waals surface area contributed by atoms with E-state index < -0.39 is 28.5 Å². The summed E-state index contributed by atoms with van der Waals surface area (Å²) in [5.74, 6) is -0.526. The summed E-state index contributed by atoms with van der Waals surface area (Å²) in [6, 6.07) is 18.2. The van der Waals surface area contributed by atoms with Crippen molar-refractivity contribution in [2.45, 2.75) is 65.4 Å². The molecule has 3 rings (SSSR count). The van der Waals surface area contributed by atoms with Gasteiger partial charge in [-0.3, -0.25) is 13.9 Å². The van der Waals surface area contributed by atoms with Gasteiger partial charge in [-0.15, -0.1) is 0 Å². The summed E-state index contributed by atoms with van der Waals surface area (Å²) in [4.78, 5) is 29.0. The Bertz CT molecular complexity index is 1460. The molecule has 41 heavy (non-hydrogen) atoms. The minimum atomic E-state index is -4.12. The van der Waals surface area contributed by atoms with Gasteiger partial charge in [-0.05, 0) is 74.6 Å². The number of carbonyl (C=O) groups is 2. The number of hydrogen-bond acceptors (Lipinski definition) is 4. The van der Waals surface area contributed by atoms with Gasteiger partial charge in [0.25, 0.3) is 10.0 Å². The molecular formula is C32H40ClN3O4S. The van der Waals surface area contributed by atoms with Crippen molar-refractivity contribution in [3.05, 3.63) is 94.0 Å². The smallest absolute Gasteiger partial charge is 0.264 e. The van der Waals surface area contributed by atoms with Crippen molar-refractivity contribution >= 4 is 39.1 Å². The van der Waals surface area contributed by atoms with Gasteiger partial charge in [-0.1, -0.05) is 79.9 Å². The van der Waals surface area contributed by atoms with Crippen LogP contribution in [-0.2, 0) is 26.2 Å². The van der Waals surface area contributed by atoms with Crippen LogP contribution in [0.2, 0.25) is 5.02 Å². The van der Waals surface area contributed by atoms with Gasteiger partial charge >= 0.3 is 0 Å². The Balaban J connectivity index is 2.07. The summed E-state index contributed by atoms with van der Waals surface area (Å²) < 4.78 is 29.2. The van der Waals surface area contributed by atoms with Crippen molar-refractivity contribution in [2.24, 2.45) is 5.92 Å². The molecule has 0 unspecified atom stereocenters. The molecule has 0 aliphatic carbocycles. The number of benzene rings is 3. The molecule has 1 N–H and O–H groups in total. The first-order valence-corrected chi connectivity index (χ1v) is 15.6. The largest absolute Gasteiger partial charge is 0.354 e. The van der Waals surface area contributed by atoms with Crippen LogP contribution >= 0.6 is 11.6 Å². The molecule has 2 amide bonds. The first kappa shape index (κ1) is 32.2. The van der Waals surface area contributed by atoms with Gasteiger partial charge in [0.2, 0.25) is 11.8 Å². The number of anilines is 1. The highest BCUT2D eigenvalue weighted by molar-refractivity contribution is 7.92. The van der Waals surface area contributed by atoms with Crippen molar-refractivity contribution in [1.29, 1.82) is 0 Å². The van der Waals surface area contributed by atoms with Crippen LogP contribution in [0, 0.1) is 26.7 Å². The number of nitrogens with zero attached hydrogens (tertiary/aromatic N) is 2. The van der Waals surface area contributed by atoms with Crippen LogP contribution in [0.5, 0.6) is 0 Å². The molecule has 0 aliphatic rings. The maximum atomic E-state index is 14.2. The molecule has 0 aromatic heterocycles. The molecule has 220 valence electrons. The predicted octanol–water partition coefficient (Wildman–Crippen LogP) is 6.04. The summed E-state index contributed by atoms with van der Waals surface area (Å²) in [7, 11) is -4.12. The summed E-state index contributed by atoms with van der Waals surface area (Å²) in [5.41, 5.74) is 3.80. The fourth-order valence-corrected chi connectivity index (χ4v) is 6.17. The molecule has 0 aliphatic heterocycles. The summed E-state index contributed by atoms with van der Waals surface area (Å²) in [5, 5.41) is 3.49.